The van der Waals surface area contributed by atoms with Crippen LogP contribution in [0.4, 0.5) is 33.3 Å². The Morgan fingerprint density at radius 2 is 1.86 bits per heavy atom. The van der Waals surface area contributed by atoms with Gasteiger partial charge in [0.2, 0.25) is 11.8 Å². The first-order chi connectivity index (χ1) is 13.6. The van der Waals surface area contributed by atoms with Crippen LogP contribution in [-0.4, -0.2) is 23.7 Å². The molecule has 0 aliphatic carbocycles. The monoisotopic (exact) mass is 432 g/mol. The zero-order valence-electron chi connectivity index (χ0n) is 14.4. The molecule has 0 saturated heterocycles. The van der Waals surface area contributed by atoms with E-state index in [0.717, 1.165) is 23.9 Å². The van der Waals surface area contributed by atoms with Crippen molar-refractivity contribution < 1.29 is 36.3 Å². The second kappa shape index (κ2) is 8.27. The van der Waals surface area contributed by atoms with Crippen LogP contribution >= 0.6 is 11.8 Å². The molecule has 3 rings (SSSR count). The summed E-state index contributed by atoms with van der Waals surface area (Å²) in [5.41, 5.74) is -0.526. The predicted octanol–water partition coefficient (Wildman–Crippen LogP) is 4.75. The fraction of sp³-hybridized carbons (Fsp3) is 0.222. The zero-order valence-corrected chi connectivity index (χ0v) is 15.2. The first-order valence-corrected chi connectivity index (χ1v) is 9.03. The molecule has 2 aromatic carbocycles. The summed E-state index contributed by atoms with van der Waals surface area (Å²) in [5, 5.41) is 4.08. The fourth-order valence-corrected chi connectivity index (χ4v) is 3.65. The molecule has 2 aromatic rings. The Morgan fingerprint density at radius 1 is 1.17 bits per heavy atom. The lowest BCUT2D eigenvalue weighted by Gasteiger charge is -2.24. The highest BCUT2D eigenvalue weighted by Gasteiger charge is 2.34. The van der Waals surface area contributed by atoms with Crippen molar-refractivity contribution in [3.63, 3.8) is 0 Å². The maximum Gasteiger partial charge on any atom is 0.416 e. The van der Waals surface area contributed by atoms with Gasteiger partial charge < -0.3 is 15.4 Å². The third kappa shape index (κ3) is 5.37. The second-order valence-corrected chi connectivity index (χ2v) is 7.20. The molecule has 1 atom stereocenters. The normalized spacial score (nSPS) is 16.2. The van der Waals surface area contributed by atoms with Crippen LogP contribution in [0.2, 0.25) is 0 Å². The third-order valence-corrected chi connectivity index (χ3v) is 5.14. The van der Waals surface area contributed by atoms with Crippen molar-refractivity contribution in [3.05, 3.63) is 48.0 Å². The lowest BCUT2D eigenvalue weighted by atomic mass is 10.1. The SMILES string of the molecule is O=C(CC1Sc2ccc(C(F)(F)F)cc2NC1=O)Nc1ccc(OC(F)F)cc1. The molecule has 1 aliphatic rings. The van der Waals surface area contributed by atoms with Crippen molar-refractivity contribution in [2.45, 2.75) is 29.4 Å². The quantitative estimate of drug-likeness (QED) is 0.670. The molecule has 1 aliphatic heterocycles. The minimum Gasteiger partial charge on any atom is -0.435 e. The Bertz CT molecular complexity index is 919. The smallest absolute Gasteiger partial charge is 0.416 e. The molecule has 5 nitrogen and oxygen atoms in total. The van der Waals surface area contributed by atoms with Gasteiger partial charge in [-0.25, -0.2) is 0 Å². The molecule has 29 heavy (non-hydrogen) atoms. The van der Waals surface area contributed by atoms with E-state index in [1.54, 1.807) is 0 Å². The standard InChI is InChI=1S/C18H13F5N2O3S/c19-17(20)28-11-4-2-10(3-5-11)24-15(26)8-14-16(27)25-12-7-9(18(21,22)23)1-6-13(12)29-14/h1-7,14,17H,8H2,(H,24,26)(H,25,27). The lowest BCUT2D eigenvalue weighted by molar-refractivity contribution is -0.137. The highest BCUT2D eigenvalue weighted by molar-refractivity contribution is 8.01. The Kier molecular flexibility index (Phi) is 5.96. The predicted molar refractivity (Wildman–Crippen MR) is 96.0 cm³/mol. The number of thioether (sulfide) groups is 1. The maximum atomic E-state index is 12.8. The number of amides is 2. The summed E-state index contributed by atoms with van der Waals surface area (Å²) in [4.78, 5) is 24.8. The molecule has 1 unspecified atom stereocenters. The average molecular weight is 432 g/mol. The van der Waals surface area contributed by atoms with E-state index in [4.69, 9.17) is 0 Å². The van der Waals surface area contributed by atoms with Crippen molar-refractivity contribution in [1.29, 1.82) is 0 Å². The van der Waals surface area contributed by atoms with E-state index in [1.807, 2.05) is 0 Å². The van der Waals surface area contributed by atoms with Crippen LogP contribution in [-0.2, 0) is 15.8 Å². The second-order valence-electron chi connectivity index (χ2n) is 5.96. The molecule has 0 radical (unpaired) electrons. The number of hydrogen-bond acceptors (Lipinski definition) is 4. The molecule has 11 heteroatoms. The van der Waals surface area contributed by atoms with E-state index >= 15 is 0 Å². The number of halogens is 5. The van der Waals surface area contributed by atoms with Gasteiger partial charge in [0.25, 0.3) is 0 Å². The van der Waals surface area contributed by atoms with Crippen LogP contribution in [0.15, 0.2) is 47.4 Å². The highest BCUT2D eigenvalue weighted by atomic mass is 32.2. The van der Waals surface area contributed by atoms with Gasteiger partial charge in [-0.1, -0.05) is 0 Å². The van der Waals surface area contributed by atoms with Gasteiger partial charge >= 0.3 is 12.8 Å². The van der Waals surface area contributed by atoms with Crippen molar-refractivity contribution in [3.8, 4) is 5.75 Å². The minimum atomic E-state index is -4.53. The first-order valence-electron chi connectivity index (χ1n) is 8.15. The minimum absolute atomic E-state index is 0.0427. The van der Waals surface area contributed by atoms with Crippen molar-refractivity contribution >= 4 is 35.0 Å². The summed E-state index contributed by atoms with van der Waals surface area (Å²) in [6, 6.07) is 8.21. The van der Waals surface area contributed by atoms with Gasteiger partial charge in [0.1, 0.15) is 5.75 Å². The maximum absolute atomic E-state index is 12.8. The topological polar surface area (TPSA) is 67.4 Å². The van der Waals surface area contributed by atoms with E-state index in [0.29, 0.717) is 10.6 Å². The van der Waals surface area contributed by atoms with E-state index in [9.17, 15) is 31.5 Å². The van der Waals surface area contributed by atoms with Crippen molar-refractivity contribution in [2.75, 3.05) is 10.6 Å². The number of ether oxygens (including phenoxy) is 1. The molecule has 0 fully saturated rings. The molecule has 154 valence electrons. The molecule has 2 amide bonds. The Hall–Kier alpha value is -2.82. The Morgan fingerprint density at radius 3 is 2.48 bits per heavy atom. The number of hydrogen-bond donors (Lipinski definition) is 2. The van der Waals surface area contributed by atoms with Gasteiger partial charge in [-0.05, 0) is 42.5 Å². The van der Waals surface area contributed by atoms with Gasteiger partial charge in [-0.3, -0.25) is 9.59 Å². The number of nitrogens with one attached hydrogen (secondary N) is 2. The number of anilines is 2. The molecule has 0 bridgehead atoms. The van der Waals surface area contributed by atoms with Crippen LogP contribution < -0.4 is 15.4 Å². The number of rotatable bonds is 5. The van der Waals surface area contributed by atoms with Crippen LogP contribution in [0.3, 0.4) is 0 Å². The summed E-state index contributed by atoms with van der Waals surface area (Å²) in [6.45, 7) is -2.97. The van der Waals surface area contributed by atoms with Crippen LogP contribution in [0.25, 0.3) is 0 Å². The summed E-state index contributed by atoms with van der Waals surface area (Å²) in [6.07, 6.45) is -4.76. The molecule has 0 aromatic heterocycles. The van der Waals surface area contributed by atoms with Crippen LogP contribution in [0.1, 0.15) is 12.0 Å². The van der Waals surface area contributed by atoms with Gasteiger partial charge in [0, 0.05) is 17.0 Å². The van der Waals surface area contributed by atoms with E-state index < -0.39 is 35.4 Å². The van der Waals surface area contributed by atoms with E-state index in [1.165, 1.54) is 30.3 Å². The number of carbonyl (C=O) groups excluding carboxylic acids is 2. The molecule has 0 saturated carbocycles. The van der Waals surface area contributed by atoms with Crippen molar-refractivity contribution in [2.24, 2.45) is 0 Å². The molecule has 2 N–H and O–H groups in total. The van der Waals surface area contributed by atoms with Gasteiger partial charge in [0.15, 0.2) is 0 Å². The fourth-order valence-electron chi connectivity index (χ4n) is 2.56. The molecule has 0 spiro atoms. The van der Waals surface area contributed by atoms with Gasteiger partial charge in [0.05, 0.1) is 16.5 Å². The Labute approximate surface area is 165 Å². The average Bonchev–Trinajstić information content (AvgIpc) is 2.62. The zero-order chi connectivity index (χ0) is 21.2. The Balaban J connectivity index is 1.62. The summed E-state index contributed by atoms with van der Waals surface area (Å²) >= 11 is 0.989. The van der Waals surface area contributed by atoms with Crippen LogP contribution in [0, 0.1) is 0 Å². The van der Waals surface area contributed by atoms with Gasteiger partial charge in [-0.15, -0.1) is 11.8 Å². The number of carbonyl (C=O) groups is 2. The summed E-state index contributed by atoms with van der Waals surface area (Å²) < 4.78 is 66.8. The van der Waals surface area contributed by atoms with Crippen LogP contribution in [0.5, 0.6) is 5.75 Å². The van der Waals surface area contributed by atoms with Crippen molar-refractivity contribution in [1.82, 2.24) is 0 Å². The molecule has 1 heterocycles. The highest BCUT2D eigenvalue weighted by Crippen LogP contribution is 2.40. The van der Waals surface area contributed by atoms with E-state index in [2.05, 4.69) is 15.4 Å². The van der Waals surface area contributed by atoms with E-state index in [-0.39, 0.29) is 17.9 Å². The lowest BCUT2D eigenvalue weighted by Crippen LogP contribution is -2.32. The largest absolute Gasteiger partial charge is 0.435 e. The number of fused-ring (bicyclic) bond motifs is 1. The number of alkyl halides is 5. The summed E-state index contributed by atoms with van der Waals surface area (Å²) in [5.74, 6) is -1.18. The molecular weight excluding hydrogens is 419 g/mol. The number of benzene rings is 2. The molecular formula is C18H13F5N2O3S. The van der Waals surface area contributed by atoms with Gasteiger partial charge in [-0.2, -0.15) is 22.0 Å². The summed E-state index contributed by atoms with van der Waals surface area (Å²) in [7, 11) is 0. The first kappa shape index (κ1) is 20.9. The third-order valence-electron chi connectivity index (χ3n) is 3.86.